The van der Waals surface area contributed by atoms with Crippen molar-refractivity contribution in [2.24, 2.45) is 7.05 Å². The molecule has 0 saturated carbocycles. The Labute approximate surface area is 223 Å². The second-order valence-corrected chi connectivity index (χ2v) is 9.72. The van der Waals surface area contributed by atoms with Crippen LogP contribution in [0.4, 0.5) is 0 Å². The number of aromatic nitrogens is 4. The average Bonchev–Trinajstić information content (AvgIpc) is 3.53. The number of benzene rings is 2. The number of aryl methyl sites for hydroxylation is 2. The molecule has 0 aliphatic heterocycles. The van der Waals surface area contributed by atoms with Gasteiger partial charge in [-0.05, 0) is 81.0 Å². The molecule has 2 aromatic carbocycles. The van der Waals surface area contributed by atoms with Crippen LogP contribution < -0.4 is 10.1 Å². The molecule has 0 bridgehead atoms. The lowest BCUT2D eigenvalue weighted by Gasteiger charge is -2.18. The highest BCUT2D eigenvalue weighted by Crippen LogP contribution is 2.30. The average molecular weight is 517 g/mol. The standard InChI is InChI=1S/C29H36N6O3/c1-20-6-7-26(38-13-11-33(3)4)17-27(20)29(37)32-21(2)22-14-23(25-18-31-35(19-25)10-12-36)16-24(15-22)28-8-9-30-34(28)5/h6-9,14-19,21,36H,10-13H2,1-5H3,(H,32,37)/t21-/m1/s1. The summed E-state index contributed by atoms with van der Waals surface area (Å²) in [6.45, 7) is 5.69. The van der Waals surface area contributed by atoms with E-state index in [0.29, 0.717) is 24.5 Å². The molecule has 200 valence electrons. The van der Waals surface area contributed by atoms with Gasteiger partial charge in [0.1, 0.15) is 12.4 Å². The zero-order chi connectivity index (χ0) is 27.2. The Morgan fingerprint density at radius 1 is 1.11 bits per heavy atom. The van der Waals surface area contributed by atoms with Crippen LogP contribution in [0.15, 0.2) is 61.1 Å². The maximum atomic E-state index is 13.4. The maximum Gasteiger partial charge on any atom is 0.252 e. The van der Waals surface area contributed by atoms with Gasteiger partial charge in [0.25, 0.3) is 5.91 Å². The van der Waals surface area contributed by atoms with Gasteiger partial charge in [-0.2, -0.15) is 10.2 Å². The Hall–Kier alpha value is -3.95. The Morgan fingerprint density at radius 3 is 2.61 bits per heavy atom. The third kappa shape index (κ3) is 6.48. The topological polar surface area (TPSA) is 97.4 Å². The summed E-state index contributed by atoms with van der Waals surface area (Å²) in [4.78, 5) is 15.4. The normalized spacial score (nSPS) is 12.1. The number of nitrogens with one attached hydrogen (secondary N) is 1. The van der Waals surface area contributed by atoms with Gasteiger partial charge in [0, 0.05) is 42.7 Å². The smallest absolute Gasteiger partial charge is 0.252 e. The van der Waals surface area contributed by atoms with Gasteiger partial charge < -0.3 is 20.1 Å². The van der Waals surface area contributed by atoms with Gasteiger partial charge in [-0.25, -0.2) is 0 Å². The van der Waals surface area contributed by atoms with Crippen LogP contribution in [0.3, 0.4) is 0 Å². The molecule has 2 heterocycles. The quantitative estimate of drug-likeness (QED) is 0.316. The van der Waals surface area contributed by atoms with E-state index in [1.54, 1.807) is 23.1 Å². The molecule has 0 aliphatic carbocycles. The van der Waals surface area contributed by atoms with Gasteiger partial charge in [-0.15, -0.1) is 0 Å². The van der Waals surface area contributed by atoms with Crippen LogP contribution in [-0.2, 0) is 13.6 Å². The van der Waals surface area contributed by atoms with Crippen molar-refractivity contribution in [3.63, 3.8) is 0 Å². The molecule has 9 heteroatoms. The third-order valence-electron chi connectivity index (χ3n) is 6.48. The van der Waals surface area contributed by atoms with Gasteiger partial charge in [0.15, 0.2) is 0 Å². The van der Waals surface area contributed by atoms with E-state index in [-0.39, 0.29) is 18.6 Å². The molecule has 1 amide bonds. The van der Waals surface area contributed by atoms with Gasteiger partial charge in [0.2, 0.25) is 0 Å². The first-order chi connectivity index (χ1) is 18.2. The highest BCUT2D eigenvalue weighted by molar-refractivity contribution is 5.96. The van der Waals surface area contributed by atoms with Crippen LogP contribution >= 0.6 is 0 Å². The molecule has 0 radical (unpaired) electrons. The molecule has 2 N–H and O–H groups in total. The van der Waals surface area contributed by atoms with Crippen LogP contribution in [0.5, 0.6) is 5.75 Å². The van der Waals surface area contributed by atoms with Crippen LogP contribution in [0.25, 0.3) is 22.4 Å². The van der Waals surface area contributed by atoms with Crippen molar-refractivity contribution >= 4 is 5.91 Å². The van der Waals surface area contributed by atoms with Crippen molar-refractivity contribution in [1.29, 1.82) is 0 Å². The molecule has 0 fully saturated rings. The zero-order valence-electron chi connectivity index (χ0n) is 22.7. The first-order valence-electron chi connectivity index (χ1n) is 12.7. The lowest BCUT2D eigenvalue weighted by atomic mass is 9.96. The minimum Gasteiger partial charge on any atom is -0.492 e. The number of aliphatic hydroxyl groups excluding tert-OH is 1. The molecule has 38 heavy (non-hydrogen) atoms. The van der Waals surface area contributed by atoms with E-state index in [0.717, 1.165) is 40.1 Å². The second kappa shape index (κ2) is 12.1. The molecule has 0 aliphatic rings. The lowest BCUT2D eigenvalue weighted by Crippen LogP contribution is -2.27. The summed E-state index contributed by atoms with van der Waals surface area (Å²) in [6.07, 6.45) is 5.47. The fourth-order valence-corrected chi connectivity index (χ4v) is 4.25. The highest BCUT2D eigenvalue weighted by Gasteiger charge is 2.17. The maximum absolute atomic E-state index is 13.4. The van der Waals surface area contributed by atoms with Crippen LogP contribution in [0.1, 0.15) is 34.5 Å². The molecule has 0 unspecified atom stereocenters. The summed E-state index contributed by atoms with van der Waals surface area (Å²) < 4.78 is 9.39. The van der Waals surface area contributed by atoms with E-state index in [1.165, 1.54) is 0 Å². The van der Waals surface area contributed by atoms with Gasteiger partial charge in [-0.3, -0.25) is 14.2 Å². The molecular weight excluding hydrogens is 480 g/mol. The number of aliphatic hydroxyl groups is 1. The summed E-state index contributed by atoms with van der Waals surface area (Å²) >= 11 is 0. The summed E-state index contributed by atoms with van der Waals surface area (Å²) in [7, 11) is 5.89. The fraction of sp³-hybridized carbons (Fsp3) is 0.345. The number of amides is 1. The number of carbonyl (C=O) groups excluding carboxylic acids is 1. The van der Waals surface area contributed by atoms with Crippen LogP contribution in [0, 0.1) is 6.92 Å². The first-order valence-corrected chi connectivity index (χ1v) is 12.7. The van der Waals surface area contributed by atoms with Gasteiger partial charge in [0.05, 0.1) is 31.1 Å². The van der Waals surface area contributed by atoms with E-state index >= 15 is 0 Å². The third-order valence-corrected chi connectivity index (χ3v) is 6.48. The van der Waals surface area contributed by atoms with Crippen molar-refractivity contribution in [3.8, 4) is 28.1 Å². The Morgan fingerprint density at radius 2 is 1.89 bits per heavy atom. The minimum absolute atomic E-state index is 0.0196. The molecule has 0 spiro atoms. The molecule has 2 aromatic heterocycles. The Bertz CT molecular complexity index is 1390. The summed E-state index contributed by atoms with van der Waals surface area (Å²) in [6, 6.07) is 13.6. The predicted molar refractivity (Wildman–Crippen MR) is 148 cm³/mol. The number of hydrogen-bond acceptors (Lipinski definition) is 6. The van der Waals surface area contributed by atoms with E-state index in [2.05, 4.69) is 38.6 Å². The number of carbonyl (C=O) groups is 1. The molecule has 4 aromatic rings. The fourth-order valence-electron chi connectivity index (χ4n) is 4.25. The van der Waals surface area contributed by atoms with E-state index in [1.807, 2.05) is 64.1 Å². The number of rotatable bonds is 11. The zero-order valence-corrected chi connectivity index (χ0v) is 22.7. The van der Waals surface area contributed by atoms with Crippen molar-refractivity contribution in [2.75, 3.05) is 33.9 Å². The minimum atomic E-state index is -0.264. The van der Waals surface area contributed by atoms with E-state index in [9.17, 15) is 9.90 Å². The molecule has 0 saturated heterocycles. The van der Waals surface area contributed by atoms with Gasteiger partial charge in [-0.1, -0.05) is 6.07 Å². The molecular formula is C29H36N6O3. The molecule has 9 nitrogen and oxygen atoms in total. The van der Waals surface area contributed by atoms with Crippen molar-refractivity contribution in [2.45, 2.75) is 26.4 Å². The van der Waals surface area contributed by atoms with Crippen LogP contribution in [-0.4, -0.2) is 69.3 Å². The van der Waals surface area contributed by atoms with Crippen molar-refractivity contribution < 1.29 is 14.6 Å². The van der Waals surface area contributed by atoms with E-state index < -0.39 is 0 Å². The summed E-state index contributed by atoms with van der Waals surface area (Å²) in [5, 5.41) is 21.1. The number of likely N-dealkylation sites (N-methyl/N-ethyl adjacent to an activating group) is 1. The second-order valence-electron chi connectivity index (χ2n) is 9.72. The van der Waals surface area contributed by atoms with Crippen LogP contribution in [0.2, 0.25) is 0 Å². The Kier molecular flexibility index (Phi) is 8.60. The monoisotopic (exact) mass is 516 g/mol. The van der Waals surface area contributed by atoms with Crippen molar-refractivity contribution in [1.82, 2.24) is 29.8 Å². The lowest BCUT2D eigenvalue weighted by molar-refractivity contribution is 0.0938. The highest BCUT2D eigenvalue weighted by atomic mass is 16.5. The molecule has 4 rings (SSSR count). The SMILES string of the molecule is Cc1ccc(OCCN(C)C)cc1C(=O)N[C@H](C)c1cc(-c2cnn(CCO)c2)cc(-c2ccnn2C)c1. The number of ether oxygens (including phenoxy) is 1. The Balaban J connectivity index is 1.61. The number of hydrogen-bond donors (Lipinski definition) is 2. The predicted octanol–water partition coefficient (Wildman–Crippen LogP) is 3.68. The van der Waals surface area contributed by atoms with Crippen molar-refractivity contribution in [3.05, 3.63) is 77.7 Å². The number of nitrogens with zero attached hydrogens (tertiary/aromatic N) is 5. The largest absolute Gasteiger partial charge is 0.492 e. The van der Waals surface area contributed by atoms with E-state index in [4.69, 9.17) is 4.74 Å². The summed E-state index contributed by atoms with van der Waals surface area (Å²) in [5.41, 5.74) is 6.28. The summed E-state index contributed by atoms with van der Waals surface area (Å²) in [5.74, 6) is 0.520. The molecule has 1 atom stereocenters. The first kappa shape index (κ1) is 27.1. The van der Waals surface area contributed by atoms with Gasteiger partial charge >= 0.3 is 0 Å².